The van der Waals surface area contributed by atoms with Gasteiger partial charge in [-0.15, -0.1) is 0 Å². The third-order valence-corrected chi connectivity index (χ3v) is 5.19. The first-order valence-electron chi connectivity index (χ1n) is 7.89. The Morgan fingerprint density at radius 3 is 3.00 bits per heavy atom. The Morgan fingerprint density at radius 2 is 2.22 bits per heavy atom. The van der Waals surface area contributed by atoms with Crippen LogP contribution in [0.3, 0.4) is 0 Å². The molecule has 0 bridgehead atoms. The summed E-state index contributed by atoms with van der Waals surface area (Å²) in [5.74, 6) is 1.48. The smallest absolute Gasteiger partial charge is 0.258 e. The van der Waals surface area contributed by atoms with Gasteiger partial charge >= 0.3 is 0 Å². The number of carbonyl (C=O) groups is 1. The van der Waals surface area contributed by atoms with E-state index in [4.69, 9.17) is 4.74 Å². The number of carbonyl (C=O) groups excluding carboxylic acids is 1. The molecule has 0 N–H and O–H groups in total. The van der Waals surface area contributed by atoms with Gasteiger partial charge in [0.05, 0.1) is 37.6 Å². The van der Waals surface area contributed by atoms with Gasteiger partial charge in [-0.25, -0.2) is 0 Å². The van der Waals surface area contributed by atoms with Crippen LogP contribution in [0.1, 0.15) is 10.4 Å². The highest BCUT2D eigenvalue weighted by atomic mass is 32.2. The standard InChI is InChI=1S/C15H21N5O2S/c16-9-14-12-23-8-5-20(14)15(21)13-10-17-19(11-13)2-1-18-3-6-22-7-4-18/h10-11,14H,1-8,12H2. The van der Waals surface area contributed by atoms with Gasteiger partial charge in [0.1, 0.15) is 6.04 Å². The van der Waals surface area contributed by atoms with Crippen LogP contribution in [-0.2, 0) is 11.3 Å². The van der Waals surface area contributed by atoms with Gasteiger partial charge < -0.3 is 9.64 Å². The summed E-state index contributed by atoms with van der Waals surface area (Å²) in [5, 5.41) is 13.5. The summed E-state index contributed by atoms with van der Waals surface area (Å²) in [5.41, 5.74) is 0.569. The predicted octanol–water partition coefficient (Wildman–Crippen LogP) is 0.296. The van der Waals surface area contributed by atoms with Gasteiger partial charge in [-0.3, -0.25) is 14.4 Å². The Morgan fingerprint density at radius 1 is 1.39 bits per heavy atom. The van der Waals surface area contributed by atoms with Crippen LogP contribution in [0.25, 0.3) is 0 Å². The monoisotopic (exact) mass is 335 g/mol. The Labute approximate surface area is 140 Å². The van der Waals surface area contributed by atoms with Crippen molar-refractivity contribution in [2.24, 2.45) is 0 Å². The van der Waals surface area contributed by atoms with Crippen molar-refractivity contribution in [3.05, 3.63) is 18.0 Å². The van der Waals surface area contributed by atoms with Crippen molar-refractivity contribution in [3.63, 3.8) is 0 Å². The molecule has 7 nitrogen and oxygen atoms in total. The number of aromatic nitrogens is 2. The second-order valence-electron chi connectivity index (χ2n) is 5.66. The first-order chi connectivity index (χ1) is 11.3. The number of amides is 1. The average molecular weight is 335 g/mol. The second kappa shape index (κ2) is 7.81. The zero-order valence-electron chi connectivity index (χ0n) is 13.1. The van der Waals surface area contributed by atoms with Crippen LogP contribution in [0.15, 0.2) is 12.4 Å². The summed E-state index contributed by atoms with van der Waals surface area (Å²) in [6.07, 6.45) is 3.40. The number of hydrogen-bond acceptors (Lipinski definition) is 6. The highest BCUT2D eigenvalue weighted by molar-refractivity contribution is 7.99. The fourth-order valence-electron chi connectivity index (χ4n) is 2.78. The largest absolute Gasteiger partial charge is 0.379 e. The minimum Gasteiger partial charge on any atom is -0.379 e. The molecule has 0 radical (unpaired) electrons. The number of hydrogen-bond donors (Lipinski definition) is 0. The number of morpholine rings is 1. The molecule has 2 saturated heterocycles. The van der Waals surface area contributed by atoms with Crippen molar-refractivity contribution >= 4 is 17.7 Å². The maximum atomic E-state index is 12.6. The minimum absolute atomic E-state index is 0.0885. The van der Waals surface area contributed by atoms with E-state index in [9.17, 15) is 10.1 Å². The van der Waals surface area contributed by atoms with Crippen LogP contribution in [0.5, 0.6) is 0 Å². The molecule has 1 aromatic rings. The molecule has 2 aliphatic rings. The van der Waals surface area contributed by atoms with Crippen molar-refractivity contribution in [2.75, 3.05) is 50.9 Å². The molecule has 0 saturated carbocycles. The molecular weight excluding hydrogens is 314 g/mol. The summed E-state index contributed by atoms with van der Waals surface area (Å²) in [6, 6.07) is 1.88. The SMILES string of the molecule is N#CC1CSCCN1C(=O)c1cnn(CCN2CCOCC2)c1. The summed E-state index contributed by atoms with van der Waals surface area (Å²) >= 11 is 1.72. The molecule has 1 amide bonds. The summed E-state index contributed by atoms with van der Waals surface area (Å²) in [4.78, 5) is 16.6. The van der Waals surface area contributed by atoms with Crippen LogP contribution in [-0.4, -0.2) is 82.4 Å². The summed E-state index contributed by atoms with van der Waals surface area (Å²) < 4.78 is 7.14. The molecule has 2 fully saturated rings. The topological polar surface area (TPSA) is 74.4 Å². The molecule has 23 heavy (non-hydrogen) atoms. The summed E-state index contributed by atoms with van der Waals surface area (Å²) in [7, 11) is 0. The molecular formula is C15H21N5O2S. The number of thioether (sulfide) groups is 1. The molecule has 1 atom stereocenters. The third kappa shape index (κ3) is 4.05. The second-order valence-corrected chi connectivity index (χ2v) is 6.81. The van der Waals surface area contributed by atoms with Gasteiger partial charge in [-0.1, -0.05) is 0 Å². The molecule has 3 rings (SSSR count). The van der Waals surface area contributed by atoms with Crippen molar-refractivity contribution in [2.45, 2.75) is 12.6 Å². The highest BCUT2D eigenvalue weighted by Crippen LogP contribution is 2.18. The Kier molecular flexibility index (Phi) is 5.54. The van der Waals surface area contributed by atoms with E-state index in [2.05, 4.69) is 16.1 Å². The van der Waals surface area contributed by atoms with Gasteiger partial charge in [-0.05, 0) is 0 Å². The zero-order chi connectivity index (χ0) is 16.1. The minimum atomic E-state index is -0.335. The van der Waals surface area contributed by atoms with Crippen LogP contribution >= 0.6 is 11.8 Å². The predicted molar refractivity (Wildman–Crippen MR) is 87.2 cm³/mol. The average Bonchev–Trinajstić information content (AvgIpc) is 3.09. The lowest BCUT2D eigenvalue weighted by molar-refractivity contribution is 0.0359. The zero-order valence-corrected chi connectivity index (χ0v) is 13.9. The van der Waals surface area contributed by atoms with Gasteiger partial charge in [0.15, 0.2) is 0 Å². The van der Waals surface area contributed by atoms with Crippen molar-refractivity contribution in [1.82, 2.24) is 19.6 Å². The molecule has 3 heterocycles. The van der Waals surface area contributed by atoms with E-state index in [0.29, 0.717) is 17.9 Å². The number of nitriles is 1. The lowest BCUT2D eigenvalue weighted by Gasteiger charge is -2.30. The van der Waals surface area contributed by atoms with Crippen molar-refractivity contribution < 1.29 is 9.53 Å². The normalized spacial score (nSPS) is 22.7. The molecule has 0 spiro atoms. The molecule has 2 aliphatic heterocycles. The molecule has 1 aromatic heterocycles. The maximum Gasteiger partial charge on any atom is 0.258 e. The molecule has 124 valence electrons. The molecule has 0 aliphatic carbocycles. The van der Waals surface area contributed by atoms with Crippen molar-refractivity contribution in [1.29, 1.82) is 5.26 Å². The lowest BCUT2D eigenvalue weighted by atomic mass is 10.2. The van der Waals surface area contributed by atoms with E-state index in [1.807, 2.05) is 4.68 Å². The van der Waals surface area contributed by atoms with E-state index < -0.39 is 0 Å². The number of nitrogens with zero attached hydrogens (tertiary/aromatic N) is 5. The molecule has 1 unspecified atom stereocenters. The van der Waals surface area contributed by atoms with Gasteiger partial charge in [0, 0.05) is 43.9 Å². The van der Waals surface area contributed by atoms with E-state index in [0.717, 1.165) is 45.1 Å². The fraction of sp³-hybridized carbons (Fsp3) is 0.667. The van der Waals surface area contributed by atoms with Gasteiger partial charge in [0.25, 0.3) is 5.91 Å². The quantitative estimate of drug-likeness (QED) is 0.788. The third-order valence-electron chi connectivity index (χ3n) is 4.17. The van der Waals surface area contributed by atoms with Gasteiger partial charge in [0.2, 0.25) is 0 Å². The lowest BCUT2D eigenvalue weighted by Crippen LogP contribution is -2.45. The van der Waals surface area contributed by atoms with E-state index in [-0.39, 0.29) is 11.9 Å². The highest BCUT2D eigenvalue weighted by Gasteiger charge is 2.28. The first kappa shape index (κ1) is 16.3. The van der Waals surface area contributed by atoms with Gasteiger partial charge in [-0.2, -0.15) is 22.1 Å². The number of ether oxygens (including phenoxy) is 1. The van der Waals surface area contributed by atoms with E-state index >= 15 is 0 Å². The molecule has 0 aromatic carbocycles. The number of rotatable bonds is 4. The first-order valence-corrected chi connectivity index (χ1v) is 9.04. The fourth-order valence-corrected chi connectivity index (χ4v) is 3.75. The Balaban J connectivity index is 1.57. The van der Waals surface area contributed by atoms with Crippen molar-refractivity contribution in [3.8, 4) is 6.07 Å². The van der Waals surface area contributed by atoms with Crippen LogP contribution in [0.4, 0.5) is 0 Å². The maximum absolute atomic E-state index is 12.6. The van der Waals surface area contributed by atoms with E-state index in [1.165, 1.54) is 0 Å². The van der Waals surface area contributed by atoms with Crippen LogP contribution in [0.2, 0.25) is 0 Å². The van der Waals surface area contributed by atoms with Crippen LogP contribution in [0, 0.1) is 11.3 Å². The Bertz CT molecular complexity index is 579. The van der Waals surface area contributed by atoms with E-state index in [1.54, 1.807) is 29.1 Å². The van der Waals surface area contributed by atoms with Crippen LogP contribution < -0.4 is 0 Å². The summed E-state index contributed by atoms with van der Waals surface area (Å²) in [6.45, 7) is 5.74. The Hall–Kier alpha value is -1.56. The molecule has 8 heteroatoms.